The number of nitrogens with zero attached hydrogens (tertiary/aromatic N) is 6. The van der Waals surface area contributed by atoms with Gasteiger partial charge in [0.2, 0.25) is 5.91 Å². The lowest BCUT2D eigenvalue weighted by molar-refractivity contribution is -0.130. The molecule has 0 radical (unpaired) electrons. The average Bonchev–Trinajstić information content (AvgIpc) is 3.25. The third kappa shape index (κ3) is 5.22. The molecule has 1 fully saturated rings. The van der Waals surface area contributed by atoms with Crippen LogP contribution in [0.1, 0.15) is 20.8 Å². The number of para-hydroxylation sites is 1. The van der Waals surface area contributed by atoms with Gasteiger partial charge in [-0.2, -0.15) is 0 Å². The van der Waals surface area contributed by atoms with E-state index >= 15 is 0 Å². The van der Waals surface area contributed by atoms with Crippen LogP contribution in [0.25, 0.3) is 11.4 Å². The summed E-state index contributed by atoms with van der Waals surface area (Å²) in [6.45, 7) is 11.4. The van der Waals surface area contributed by atoms with E-state index < -0.39 is 0 Å². The second-order valence-electron chi connectivity index (χ2n) is 8.49. The summed E-state index contributed by atoms with van der Waals surface area (Å²) in [4.78, 5) is 19.7. The van der Waals surface area contributed by atoms with Crippen LogP contribution in [0.15, 0.2) is 59.8 Å². The monoisotopic (exact) mass is 478 g/mol. The van der Waals surface area contributed by atoms with Crippen molar-refractivity contribution in [1.29, 1.82) is 0 Å². The summed E-state index contributed by atoms with van der Waals surface area (Å²) >= 11 is 1.48. The van der Waals surface area contributed by atoms with Crippen molar-refractivity contribution in [2.45, 2.75) is 31.2 Å². The minimum Gasteiger partial charge on any atom is -0.372 e. The second-order valence-corrected chi connectivity index (χ2v) is 9.80. The summed E-state index contributed by atoms with van der Waals surface area (Å²) < 4.78 is 1.98. The number of amides is 1. The van der Waals surface area contributed by atoms with Crippen LogP contribution < -0.4 is 9.80 Å². The topological polar surface area (TPSA) is 57.5 Å². The highest BCUT2D eigenvalue weighted by atomic mass is 32.2. The molecule has 1 aliphatic rings. The molecule has 1 atom stereocenters. The molecule has 1 amide bonds. The highest BCUT2D eigenvalue weighted by Crippen LogP contribution is 2.28. The van der Waals surface area contributed by atoms with Crippen LogP contribution in [-0.2, 0) is 11.8 Å². The van der Waals surface area contributed by atoms with Gasteiger partial charge in [0.1, 0.15) is 0 Å². The van der Waals surface area contributed by atoms with Crippen LogP contribution in [0.3, 0.4) is 0 Å². The molecule has 1 saturated heterocycles. The number of piperazine rings is 1. The largest absolute Gasteiger partial charge is 0.372 e. The Labute approximate surface area is 206 Å². The van der Waals surface area contributed by atoms with Gasteiger partial charge in [0.25, 0.3) is 0 Å². The number of hydrogen-bond acceptors (Lipinski definition) is 6. The van der Waals surface area contributed by atoms with Crippen molar-refractivity contribution in [2.75, 3.05) is 49.1 Å². The van der Waals surface area contributed by atoms with Gasteiger partial charge in [-0.25, -0.2) is 0 Å². The fourth-order valence-electron chi connectivity index (χ4n) is 4.37. The van der Waals surface area contributed by atoms with E-state index in [1.165, 1.54) is 23.1 Å². The predicted molar refractivity (Wildman–Crippen MR) is 141 cm³/mol. The van der Waals surface area contributed by atoms with Crippen LogP contribution in [0, 0.1) is 0 Å². The summed E-state index contributed by atoms with van der Waals surface area (Å²) in [7, 11) is 1.96. The maximum atomic E-state index is 13.1. The summed E-state index contributed by atoms with van der Waals surface area (Å²) in [6, 6.07) is 18.8. The molecule has 8 heteroatoms. The first-order valence-electron chi connectivity index (χ1n) is 12.0. The molecule has 0 spiro atoms. The number of thioether (sulfide) groups is 1. The summed E-state index contributed by atoms with van der Waals surface area (Å²) in [6.07, 6.45) is 0. The first-order chi connectivity index (χ1) is 16.5. The normalized spacial score (nSPS) is 14.8. The number of carbonyl (C=O) groups excluding carboxylic acids is 1. The van der Waals surface area contributed by atoms with Gasteiger partial charge in [-0.05, 0) is 57.2 Å². The van der Waals surface area contributed by atoms with Gasteiger partial charge >= 0.3 is 0 Å². The van der Waals surface area contributed by atoms with Crippen LogP contribution in [0.2, 0.25) is 0 Å². The highest BCUT2D eigenvalue weighted by molar-refractivity contribution is 8.00. The fourth-order valence-corrected chi connectivity index (χ4v) is 5.27. The van der Waals surface area contributed by atoms with Crippen molar-refractivity contribution < 1.29 is 4.79 Å². The molecule has 180 valence electrons. The maximum absolute atomic E-state index is 13.1. The molecule has 2 heterocycles. The van der Waals surface area contributed by atoms with Gasteiger partial charge in [0.15, 0.2) is 11.0 Å². The zero-order valence-corrected chi connectivity index (χ0v) is 21.3. The van der Waals surface area contributed by atoms with E-state index in [1.807, 2.05) is 29.5 Å². The molecule has 1 aliphatic heterocycles. The smallest absolute Gasteiger partial charge is 0.236 e. The Kier molecular flexibility index (Phi) is 7.77. The van der Waals surface area contributed by atoms with Crippen molar-refractivity contribution in [3.8, 4) is 11.4 Å². The third-order valence-electron chi connectivity index (χ3n) is 6.43. The highest BCUT2D eigenvalue weighted by Gasteiger charge is 2.27. The Bertz CT molecular complexity index is 1070. The van der Waals surface area contributed by atoms with E-state index in [0.29, 0.717) is 0 Å². The molecular weight excluding hydrogens is 444 g/mol. The van der Waals surface area contributed by atoms with Crippen LogP contribution in [0.5, 0.6) is 0 Å². The van der Waals surface area contributed by atoms with Crippen molar-refractivity contribution >= 4 is 29.0 Å². The zero-order chi connectivity index (χ0) is 24.1. The SMILES string of the molecule is CCN(CC)c1ccc(-c2nnc(SC(C)C(=O)N3CCN(c4ccccc4)CC3)n2C)cc1. The lowest BCUT2D eigenvalue weighted by Crippen LogP contribution is -2.50. The number of hydrogen-bond donors (Lipinski definition) is 0. The van der Waals surface area contributed by atoms with Crippen molar-refractivity contribution in [3.63, 3.8) is 0 Å². The predicted octanol–water partition coefficient (Wildman–Crippen LogP) is 4.16. The molecule has 0 saturated carbocycles. The van der Waals surface area contributed by atoms with E-state index in [2.05, 4.69) is 82.4 Å². The van der Waals surface area contributed by atoms with Gasteiger partial charge in [-0.15, -0.1) is 10.2 Å². The van der Waals surface area contributed by atoms with E-state index in [9.17, 15) is 4.79 Å². The molecule has 1 unspecified atom stereocenters. The zero-order valence-electron chi connectivity index (χ0n) is 20.5. The molecule has 4 rings (SSSR count). The van der Waals surface area contributed by atoms with E-state index in [-0.39, 0.29) is 11.2 Å². The lowest BCUT2D eigenvalue weighted by Gasteiger charge is -2.37. The maximum Gasteiger partial charge on any atom is 0.236 e. The third-order valence-corrected chi connectivity index (χ3v) is 7.55. The second kappa shape index (κ2) is 11.0. The minimum atomic E-state index is -0.218. The van der Waals surface area contributed by atoms with Crippen molar-refractivity contribution in [1.82, 2.24) is 19.7 Å². The molecule has 3 aromatic rings. The standard InChI is InChI=1S/C26H34N6OS/c1-5-30(6-2)23-14-12-21(13-15-23)24-27-28-26(29(24)4)34-20(3)25(33)32-18-16-31(17-19-32)22-10-8-7-9-11-22/h7-15,20H,5-6,16-19H2,1-4H3. The van der Waals surface area contributed by atoms with Gasteiger partial charge < -0.3 is 19.3 Å². The summed E-state index contributed by atoms with van der Waals surface area (Å²) in [5.74, 6) is 0.968. The first-order valence-corrected chi connectivity index (χ1v) is 12.9. The molecule has 0 aliphatic carbocycles. The number of aromatic nitrogens is 3. The summed E-state index contributed by atoms with van der Waals surface area (Å²) in [5.41, 5.74) is 3.44. The fraction of sp³-hybridized carbons (Fsp3) is 0.423. The molecule has 0 N–H and O–H groups in total. The molecular formula is C26H34N6OS. The minimum absolute atomic E-state index is 0.158. The van der Waals surface area contributed by atoms with Gasteiger partial charge in [0.05, 0.1) is 5.25 Å². The molecule has 34 heavy (non-hydrogen) atoms. The van der Waals surface area contributed by atoms with Gasteiger partial charge in [-0.3, -0.25) is 4.79 Å². The molecule has 7 nitrogen and oxygen atoms in total. The first kappa shape index (κ1) is 24.1. The Morgan fingerprint density at radius 3 is 2.24 bits per heavy atom. The van der Waals surface area contributed by atoms with Gasteiger partial charge in [0, 0.05) is 63.3 Å². The number of anilines is 2. The number of carbonyl (C=O) groups is 1. The van der Waals surface area contributed by atoms with E-state index in [1.54, 1.807) is 0 Å². The molecule has 0 bridgehead atoms. The van der Waals surface area contributed by atoms with E-state index in [0.717, 1.165) is 55.8 Å². The Balaban J connectivity index is 1.36. The Hall–Kier alpha value is -3.00. The Morgan fingerprint density at radius 2 is 1.62 bits per heavy atom. The average molecular weight is 479 g/mol. The van der Waals surface area contributed by atoms with Crippen molar-refractivity contribution in [3.05, 3.63) is 54.6 Å². The quantitative estimate of drug-likeness (QED) is 0.453. The van der Waals surface area contributed by atoms with Gasteiger partial charge in [-0.1, -0.05) is 30.0 Å². The number of benzene rings is 2. The number of rotatable bonds is 8. The summed E-state index contributed by atoms with van der Waals surface area (Å²) in [5, 5.41) is 9.34. The van der Waals surface area contributed by atoms with Crippen LogP contribution in [0.4, 0.5) is 11.4 Å². The lowest BCUT2D eigenvalue weighted by atomic mass is 10.2. The van der Waals surface area contributed by atoms with E-state index in [4.69, 9.17) is 0 Å². The van der Waals surface area contributed by atoms with Crippen molar-refractivity contribution in [2.24, 2.45) is 7.05 Å². The molecule has 1 aromatic heterocycles. The van der Waals surface area contributed by atoms with Crippen LogP contribution in [-0.4, -0.2) is 70.1 Å². The Morgan fingerprint density at radius 1 is 0.971 bits per heavy atom. The van der Waals surface area contributed by atoms with Crippen LogP contribution >= 0.6 is 11.8 Å². The molecule has 2 aromatic carbocycles.